The summed E-state index contributed by atoms with van der Waals surface area (Å²) in [5, 5.41) is 2.64. The molecule has 0 aromatic heterocycles. The van der Waals surface area contributed by atoms with Crippen LogP contribution in [-0.4, -0.2) is 17.7 Å². The van der Waals surface area contributed by atoms with Gasteiger partial charge in [-0.25, -0.2) is 0 Å². The second-order valence-corrected chi connectivity index (χ2v) is 5.70. The third-order valence-corrected chi connectivity index (χ3v) is 3.96. The number of benzene rings is 2. The molecule has 6 nitrogen and oxygen atoms in total. The number of nitrogens with one attached hydrogen (secondary N) is 1. The number of carbonyl (C=O) groups excluding carboxylic acids is 3. The molecule has 1 aliphatic heterocycles. The average Bonchev–Trinajstić information content (AvgIpc) is 2.90. The first-order valence-corrected chi connectivity index (χ1v) is 7.62. The Bertz CT molecular complexity index is 818. The van der Waals surface area contributed by atoms with Crippen LogP contribution in [-0.2, 0) is 14.4 Å². The van der Waals surface area contributed by atoms with Crippen LogP contribution < -0.4 is 15.2 Å². The molecule has 1 N–H and O–H groups in total. The molecule has 0 spiro atoms. The van der Waals surface area contributed by atoms with Gasteiger partial charge in [0.2, 0.25) is 17.7 Å². The van der Waals surface area contributed by atoms with Crippen LogP contribution in [0.15, 0.2) is 48.5 Å². The first-order chi connectivity index (χ1) is 12.0. The fourth-order valence-corrected chi connectivity index (χ4v) is 2.81. The largest absolute Gasteiger partial charge is 0.326 e. The number of imide groups is 1. The number of hydrogen-bond acceptors (Lipinski definition) is 4. The molecular formula is C18H15FN2O4. The lowest BCUT2D eigenvalue weighted by Gasteiger charge is -2.15. The zero-order valence-electron chi connectivity index (χ0n) is 13.4. The van der Waals surface area contributed by atoms with E-state index in [0.717, 1.165) is 4.90 Å². The highest BCUT2D eigenvalue weighted by molar-refractivity contribution is 6.22. The Balaban J connectivity index is 1.81. The second kappa shape index (κ2) is 6.72. The molecule has 2 aromatic rings. The van der Waals surface area contributed by atoms with Gasteiger partial charge in [-0.05, 0) is 42.0 Å². The van der Waals surface area contributed by atoms with Crippen molar-refractivity contribution in [2.24, 2.45) is 0 Å². The van der Waals surface area contributed by atoms with Crippen LogP contribution in [0.1, 0.15) is 24.8 Å². The predicted molar refractivity (Wildman–Crippen MR) is 88.8 cm³/mol. The van der Waals surface area contributed by atoms with E-state index in [4.69, 9.17) is 0 Å². The molecule has 7 heteroatoms. The van der Waals surface area contributed by atoms with Gasteiger partial charge in [-0.2, -0.15) is 0 Å². The van der Waals surface area contributed by atoms with Crippen LogP contribution >= 0.6 is 0 Å². The molecule has 3 rings (SSSR count). The van der Waals surface area contributed by atoms with Crippen molar-refractivity contribution in [2.75, 3.05) is 10.2 Å². The quantitative estimate of drug-likeness (QED) is 0.867. The van der Waals surface area contributed by atoms with Crippen LogP contribution in [0.3, 0.4) is 0 Å². The molecule has 1 unspecified atom stereocenters. The number of carbonyl (C=O) groups is 3. The Hall–Kier alpha value is -3.22. The van der Waals surface area contributed by atoms with E-state index in [1.165, 1.54) is 31.2 Å². The standard InChI is InChI=1S/C18H15FN2O4/c1-11(22)20-13-4-2-12(3-5-13)16-10-17(23)21(18(16)24)14-6-8-15(25-19)9-7-14/h2-9,16H,10H2,1H3,(H,20,22). The Morgan fingerprint density at radius 3 is 2.32 bits per heavy atom. The molecule has 3 amide bonds. The smallest absolute Gasteiger partial charge is 0.241 e. The number of nitrogens with zero attached hydrogens (tertiary/aromatic N) is 1. The van der Waals surface area contributed by atoms with Crippen molar-refractivity contribution in [2.45, 2.75) is 19.3 Å². The lowest BCUT2D eigenvalue weighted by molar-refractivity contribution is -0.121. The van der Waals surface area contributed by atoms with Crippen molar-refractivity contribution in [3.63, 3.8) is 0 Å². The minimum Gasteiger partial charge on any atom is -0.326 e. The molecule has 1 fully saturated rings. The minimum atomic E-state index is -0.587. The van der Waals surface area contributed by atoms with Gasteiger partial charge in [-0.15, -0.1) is 0 Å². The lowest BCUT2D eigenvalue weighted by Crippen LogP contribution is -2.29. The van der Waals surface area contributed by atoms with Crippen molar-refractivity contribution in [3.8, 4) is 5.75 Å². The van der Waals surface area contributed by atoms with Gasteiger partial charge >= 0.3 is 0 Å². The van der Waals surface area contributed by atoms with Crippen LogP contribution in [0.5, 0.6) is 5.75 Å². The highest BCUT2D eigenvalue weighted by Crippen LogP contribution is 2.34. The lowest BCUT2D eigenvalue weighted by atomic mass is 9.97. The zero-order valence-corrected chi connectivity index (χ0v) is 13.4. The fourth-order valence-electron chi connectivity index (χ4n) is 2.81. The van der Waals surface area contributed by atoms with Gasteiger partial charge < -0.3 is 5.32 Å². The average molecular weight is 342 g/mol. The molecule has 0 aliphatic carbocycles. The predicted octanol–water partition coefficient (Wildman–Crippen LogP) is 2.96. The molecule has 2 aromatic carbocycles. The van der Waals surface area contributed by atoms with Gasteiger partial charge in [0.1, 0.15) is 0 Å². The molecule has 0 bridgehead atoms. The van der Waals surface area contributed by atoms with E-state index in [0.29, 0.717) is 16.9 Å². The summed E-state index contributed by atoms with van der Waals surface area (Å²) >= 11 is 0. The summed E-state index contributed by atoms with van der Waals surface area (Å²) in [5.74, 6) is -1.45. The summed E-state index contributed by atoms with van der Waals surface area (Å²) in [6.07, 6.45) is 0.0552. The number of hydrogen-bond donors (Lipinski definition) is 1. The Labute approximate surface area is 143 Å². The number of amides is 3. The van der Waals surface area contributed by atoms with Crippen molar-refractivity contribution < 1.29 is 23.9 Å². The van der Waals surface area contributed by atoms with Gasteiger partial charge in [0, 0.05) is 23.6 Å². The maximum absolute atomic E-state index is 12.7. The number of rotatable bonds is 4. The maximum Gasteiger partial charge on any atom is 0.241 e. The van der Waals surface area contributed by atoms with Crippen molar-refractivity contribution >= 4 is 29.1 Å². The van der Waals surface area contributed by atoms with Gasteiger partial charge in [0.15, 0.2) is 5.75 Å². The van der Waals surface area contributed by atoms with E-state index in [2.05, 4.69) is 10.3 Å². The van der Waals surface area contributed by atoms with E-state index < -0.39 is 5.92 Å². The Kier molecular flexibility index (Phi) is 4.47. The minimum absolute atomic E-state index is 0.00652. The summed E-state index contributed by atoms with van der Waals surface area (Å²) in [5.41, 5.74) is 1.68. The van der Waals surface area contributed by atoms with Crippen LogP contribution in [0.4, 0.5) is 15.9 Å². The highest BCUT2D eigenvalue weighted by atomic mass is 19.3. The summed E-state index contributed by atoms with van der Waals surface area (Å²) in [7, 11) is 0. The van der Waals surface area contributed by atoms with Crippen LogP contribution in [0.25, 0.3) is 0 Å². The third kappa shape index (κ3) is 3.35. The molecule has 0 radical (unpaired) electrons. The molecule has 1 saturated heterocycles. The first kappa shape index (κ1) is 16.6. The molecule has 1 atom stereocenters. The van der Waals surface area contributed by atoms with E-state index in [1.54, 1.807) is 24.3 Å². The third-order valence-electron chi connectivity index (χ3n) is 3.96. The first-order valence-electron chi connectivity index (χ1n) is 7.62. The zero-order chi connectivity index (χ0) is 18.0. The summed E-state index contributed by atoms with van der Waals surface area (Å²) < 4.78 is 12.1. The SMILES string of the molecule is CC(=O)Nc1ccc(C2CC(=O)N(c3ccc(OF)cc3)C2=O)cc1. The molecule has 1 aliphatic rings. The van der Waals surface area contributed by atoms with E-state index >= 15 is 0 Å². The van der Waals surface area contributed by atoms with Gasteiger partial charge in [-0.3, -0.25) is 24.2 Å². The van der Waals surface area contributed by atoms with Gasteiger partial charge in [0.05, 0.1) is 11.6 Å². The fraction of sp³-hybridized carbons (Fsp3) is 0.167. The summed E-state index contributed by atoms with van der Waals surface area (Å²) in [4.78, 5) is 40.7. The summed E-state index contributed by atoms with van der Waals surface area (Å²) in [6, 6.07) is 12.4. The van der Waals surface area contributed by atoms with Crippen LogP contribution in [0.2, 0.25) is 0 Å². The normalized spacial score (nSPS) is 16.9. The van der Waals surface area contributed by atoms with E-state index in [1.807, 2.05) is 0 Å². The number of halogens is 1. The molecule has 25 heavy (non-hydrogen) atoms. The van der Waals surface area contributed by atoms with Crippen LogP contribution in [0, 0.1) is 0 Å². The van der Waals surface area contributed by atoms with E-state index in [-0.39, 0.29) is 29.9 Å². The summed E-state index contributed by atoms with van der Waals surface area (Å²) in [6.45, 7) is 1.41. The van der Waals surface area contributed by atoms with Crippen molar-refractivity contribution in [3.05, 3.63) is 54.1 Å². The number of anilines is 2. The second-order valence-electron chi connectivity index (χ2n) is 5.70. The molecule has 0 saturated carbocycles. The monoisotopic (exact) mass is 342 g/mol. The Morgan fingerprint density at radius 1 is 1.12 bits per heavy atom. The topological polar surface area (TPSA) is 75.7 Å². The maximum atomic E-state index is 12.7. The van der Waals surface area contributed by atoms with Gasteiger partial charge in [0.25, 0.3) is 0 Å². The van der Waals surface area contributed by atoms with Gasteiger partial charge in [-0.1, -0.05) is 12.1 Å². The molecule has 1 heterocycles. The molecule has 128 valence electrons. The van der Waals surface area contributed by atoms with Crippen molar-refractivity contribution in [1.82, 2.24) is 0 Å². The molecular weight excluding hydrogens is 327 g/mol. The highest BCUT2D eigenvalue weighted by Gasteiger charge is 2.40. The van der Waals surface area contributed by atoms with Crippen molar-refractivity contribution in [1.29, 1.82) is 0 Å². The van der Waals surface area contributed by atoms with E-state index in [9.17, 15) is 18.9 Å². The Morgan fingerprint density at radius 2 is 1.76 bits per heavy atom.